The van der Waals surface area contributed by atoms with Crippen molar-refractivity contribution in [1.29, 1.82) is 0 Å². The second kappa shape index (κ2) is 9.90. The number of hydrogen-bond donors (Lipinski definition) is 0. The van der Waals surface area contributed by atoms with Crippen LogP contribution < -0.4 is 4.74 Å². The van der Waals surface area contributed by atoms with E-state index in [1.807, 2.05) is 24.3 Å². The molecule has 0 bridgehead atoms. The zero-order chi connectivity index (χ0) is 24.4. The maximum absolute atomic E-state index is 13.4. The molecule has 1 fully saturated rings. The summed E-state index contributed by atoms with van der Waals surface area (Å²) in [6, 6.07) is 13.8. The predicted octanol–water partition coefficient (Wildman–Crippen LogP) is 4.25. The van der Waals surface area contributed by atoms with Gasteiger partial charge < -0.3 is 14.4 Å². The van der Waals surface area contributed by atoms with Crippen molar-refractivity contribution in [3.05, 3.63) is 76.9 Å². The Morgan fingerprint density at radius 3 is 2.46 bits per heavy atom. The first-order valence-corrected chi connectivity index (χ1v) is 12.0. The SMILES string of the molecule is COc1ccc(CN(C(=O)COC(=O)c2nn(-c3ccc(F)cc3)c3c2CCCC3)C2CC2)cc1. The van der Waals surface area contributed by atoms with Gasteiger partial charge in [0.1, 0.15) is 11.6 Å². The van der Waals surface area contributed by atoms with E-state index in [1.165, 1.54) is 12.1 Å². The Morgan fingerprint density at radius 2 is 1.77 bits per heavy atom. The summed E-state index contributed by atoms with van der Waals surface area (Å²) in [5, 5.41) is 4.53. The van der Waals surface area contributed by atoms with Crippen LogP contribution in [0.4, 0.5) is 4.39 Å². The monoisotopic (exact) mass is 477 g/mol. The normalized spacial score (nSPS) is 14.8. The molecule has 35 heavy (non-hydrogen) atoms. The average molecular weight is 478 g/mol. The Hall–Kier alpha value is -3.68. The van der Waals surface area contributed by atoms with Gasteiger partial charge in [-0.15, -0.1) is 0 Å². The Labute approximate surface area is 203 Å². The van der Waals surface area contributed by atoms with Gasteiger partial charge in [-0.3, -0.25) is 4.79 Å². The number of esters is 1. The summed E-state index contributed by atoms with van der Waals surface area (Å²) in [4.78, 5) is 27.8. The highest BCUT2D eigenvalue weighted by Gasteiger charge is 2.33. The number of ether oxygens (including phenoxy) is 2. The smallest absolute Gasteiger partial charge is 0.359 e. The summed E-state index contributed by atoms with van der Waals surface area (Å²) in [5.41, 5.74) is 3.73. The minimum atomic E-state index is -0.599. The van der Waals surface area contributed by atoms with Gasteiger partial charge in [0, 0.05) is 23.8 Å². The van der Waals surface area contributed by atoms with Crippen LogP contribution in [-0.2, 0) is 28.9 Å². The summed E-state index contributed by atoms with van der Waals surface area (Å²) < 4.78 is 25.8. The fourth-order valence-corrected chi connectivity index (χ4v) is 4.57. The van der Waals surface area contributed by atoms with Gasteiger partial charge in [0.25, 0.3) is 5.91 Å². The fourth-order valence-electron chi connectivity index (χ4n) is 4.57. The summed E-state index contributed by atoms with van der Waals surface area (Å²) in [7, 11) is 1.61. The molecular weight excluding hydrogens is 449 g/mol. The van der Waals surface area contributed by atoms with E-state index in [1.54, 1.807) is 28.8 Å². The predicted molar refractivity (Wildman–Crippen MR) is 127 cm³/mol. The van der Waals surface area contributed by atoms with Crippen molar-refractivity contribution < 1.29 is 23.5 Å². The lowest BCUT2D eigenvalue weighted by atomic mass is 9.95. The first-order chi connectivity index (χ1) is 17.0. The number of rotatable bonds is 8. The number of amides is 1. The summed E-state index contributed by atoms with van der Waals surface area (Å²) in [6.45, 7) is 0.128. The Morgan fingerprint density at radius 1 is 1.06 bits per heavy atom. The highest BCUT2D eigenvalue weighted by Crippen LogP contribution is 2.30. The molecule has 2 aliphatic rings. The number of aromatic nitrogens is 2. The molecule has 5 rings (SSSR count). The quantitative estimate of drug-likeness (QED) is 0.454. The number of halogens is 1. The molecule has 0 atom stereocenters. The zero-order valence-corrected chi connectivity index (χ0v) is 19.7. The zero-order valence-electron chi connectivity index (χ0n) is 19.7. The molecule has 3 aromatic rings. The molecule has 0 aliphatic heterocycles. The van der Waals surface area contributed by atoms with Crippen molar-refractivity contribution in [3.63, 3.8) is 0 Å². The van der Waals surface area contributed by atoms with Gasteiger partial charge in [-0.2, -0.15) is 5.10 Å². The number of carbonyl (C=O) groups is 2. The number of fused-ring (bicyclic) bond motifs is 1. The van der Waals surface area contributed by atoms with E-state index in [-0.39, 0.29) is 30.1 Å². The number of hydrogen-bond acceptors (Lipinski definition) is 5. The largest absolute Gasteiger partial charge is 0.497 e. The van der Waals surface area contributed by atoms with Crippen molar-refractivity contribution in [2.24, 2.45) is 0 Å². The molecule has 182 valence electrons. The van der Waals surface area contributed by atoms with Crippen LogP contribution in [0.15, 0.2) is 48.5 Å². The van der Waals surface area contributed by atoms with E-state index in [2.05, 4.69) is 5.10 Å². The van der Waals surface area contributed by atoms with E-state index in [4.69, 9.17) is 9.47 Å². The van der Waals surface area contributed by atoms with Crippen molar-refractivity contribution in [1.82, 2.24) is 14.7 Å². The molecule has 0 unspecified atom stereocenters. The van der Waals surface area contributed by atoms with E-state index in [0.717, 1.165) is 61.1 Å². The molecule has 0 saturated heterocycles. The Balaban J connectivity index is 1.29. The highest BCUT2D eigenvalue weighted by molar-refractivity contribution is 5.91. The van der Waals surface area contributed by atoms with Gasteiger partial charge in [0.15, 0.2) is 12.3 Å². The van der Waals surface area contributed by atoms with Gasteiger partial charge >= 0.3 is 5.97 Å². The second-order valence-electron chi connectivity index (χ2n) is 9.05. The van der Waals surface area contributed by atoms with Crippen molar-refractivity contribution in [3.8, 4) is 11.4 Å². The molecular formula is C27H28FN3O4. The number of nitrogens with zero attached hydrogens (tertiary/aromatic N) is 3. The minimum Gasteiger partial charge on any atom is -0.497 e. The van der Waals surface area contributed by atoms with Gasteiger partial charge in [0.2, 0.25) is 0 Å². The van der Waals surface area contributed by atoms with Crippen LogP contribution in [-0.4, -0.2) is 46.3 Å². The molecule has 1 heterocycles. The Kier molecular flexibility index (Phi) is 6.53. The molecule has 7 nitrogen and oxygen atoms in total. The van der Waals surface area contributed by atoms with Crippen LogP contribution in [0.5, 0.6) is 5.75 Å². The molecule has 0 N–H and O–H groups in total. The third kappa shape index (κ3) is 5.06. The Bertz CT molecular complexity index is 1220. The van der Waals surface area contributed by atoms with Crippen LogP contribution in [0.3, 0.4) is 0 Å². The van der Waals surface area contributed by atoms with Crippen LogP contribution in [0.2, 0.25) is 0 Å². The molecule has 0 spiro atoms. The molecule has 1 amide bonds. The van der Waals surface area contributed by atoms with Crippen LogP contribution in [0.1, 0.15) is 53.0 Å². The summed E-state index contributed by atoms with van der Waals surface area (Å²) >= 11 is 0. The van der Waals surface area contributed by atoms with Crippen molar-refractivity contribution in [2.45, 2.75) is 51.1 Å². The molecule has 1 saturated carbocycles. The number of methoxy groups -OCH3 is 1. The topological polar surface area (TPSA) is 73.7 Å². The lowest BCUT2D eigenvalue weighted by Crippen LogP contribution is -2.36. The van der Waals surface area contributed by atoms with Gasteiger partial charge in [-0.25, -0.2) is 13.9 Å². The first-order valence-electron chi connectivity index (χ1n) is 12.0. The minimum absolute atomic E-state index is 0.175. The average Bonchev–Trinajstić information content (AvgIpc) is 3.66. The summed E-state index contributed by atoms with van der Waals surface area (Å²) in [5.74, 6) is -0.390. The van der Waals surface area contributed by atoms with Crippen LogP contribution >= 0.6 is 0 Å². The van der Waals surface area contributed by atoms with Crippen LogP contribution in [0, 0.1) is 5.82 Å². The third-order valence-corrected chi connectivity index (χ3v) is 6.59. The van der Waals surface area contributed by atoms with Gasteiger partial charge in [-0.1, -0.05) is 12.1 Å². The molecule has 2 aliphatic carbocycles. The second-order valence-corrected chi connectivity index (χ2v) is 9.05. The fraction of sp³-hybridized carbons (Fsp3) is 0.370. The lowest BCUT2D eigenvalue weighted by molar-refractivity contribution is -0.135. The van der Waals surface area contributed by atoms with E-state index in [0.29, 0.717) is 12.2 Å². The highest BCUT2D eigenvalue weighted by atomic mass is 19.1. The number of benzene rings is 2. The molecule has 1 aromatic heterocycles. The number of carbonyl (C=O) groups excluding carboxylic acids is 2. The van der Waals surface area contributed by atoms with Crippen molar-refractivity contribution >= 4 is 11.9 Å². The van der Waals surface area contributed by atoms with E-state index in [9.17, 15) is 14.0 Å². The van der Waals surface area contributed by atoms with E-state index >= 15 is 0 Å². The molecule has 8 heteroatoms. The van der Waals surface area contributed by atoms with Gasteiger partial charge in [-0.05, 0) is 80.5 Å². The van der Waals surface area contributed by atoms with Crippen LogP contribution in [0.25, 0.3) is 5.69 Å². The lowest BCUT2D eigenvalue weighted by Gasteiger charge is -2.22. The molecule has 2 aromatic carbocycles. The summed E-state index contributed by atoms with van der Waals surface area (Å²) in [6.07, 6.45) is 5.36. The third-order valence-electron chi connectivity index (χ3n) is 6.59. The van der Waals surface area contributed by atoms with Crippen molar-refractivity contribution in [2.75, 3.05) is 13.7 Å². The maximum Gasteiger partial charge on any atom is 0.359 e. The van der Waals surface area contributed by atoms with Gasteiger partial charge in [0.05, 0.1) is 12.8 Å². The maximum atomic E-state index is 13.4. The standard InChI is InChI=1S/C27H28FN3O4/c1-34-22-14-6-18(7-15-22)16-30(20-12-13-20)25(32)17-35-27(33)26-23-4-2-3-5-24(23)31(29-26)21-10-8-19(28)9-11-21/h6-11,14-15,20H,2-5,12-13,16-17H2,1H3. The molecule has 0 radical (unpaired) electrons. The first kappa shape index (κ1) is 23.1. The van der Waals surface area contributed by atoms with E-state index < -0.39 is 5.97 Å².